The third-order valence-electron chi connectivity index (χ3n) is 3.24. The summed E-state index contributed by atoms with van der Waals surface area (Å²) in [6.07, 6.45) is 2.97. The number of thiophene rings is 1. The van der Waals surface area contributed by atoms with Gasteiger partial charge in [0.05, 0.1) is 16.4 Å². The lowest BCUT2D eigenvalue weighted by molar-refractivity contribution is -0.125. The van der Waals surface area contributed by atoms with E-state index < -0.39 is 0 Å². The predicted octanol–water partition coefficient (Wildman–Crippen LogP) is 2.83. The summed E-state index contributed by atoms with van der Waals surface area (Å²) in [4.78, 5) is 14.7. The van der Waals surface area contributed by atoms with Gasteiger partial charge in [-0.1, -0.05) is 11.6 Å². The summed E-state index contributed by atoms with van der Waals surface area (Å²) >= 11 is 7.50. The van der Waals surface area contributed by atoms with Crippen LogP contribution in [0.2, 0.25) is 4.34 Å². The van der Waals surface area contributed by atoms with Crippen LogP contribution in [0.1, 0.15) is 17.7 Å². The summed E-state index contributed by atoms with van der Waals surface area (Å²) in [7, 11) is 2.04. The summed E-state index contributed by atoms with van der Waals surface area (Å²) in [5.41, 5.74) is -0.325. The Balaban J connectivity index is 1.92. The molecule has 0 saturated carbocycles. The fraction of sp³-hybridized carbons (Fsp3) is 0.615. The van der Waals surface area contributed by atoms with Crippen molar-refractivity contribution in [2.75, 3.05) is 26.8 Å². The van der Waals surface area contributed by atoms with Gasteiger partial charge in [0.25, 0.3) is 0 Å². The molecule has 100 valence electrons. The van der Waals surface area contributed by atoms with E-state index in [0.717, 1.165) is 43.2 Å². The first-order valence-electron chi connectivity index (χ1n) is 6.10. The molecule has 0 bridgehead atoms. The molecular weight excluding hydrogens is 270 g/mol. The molecule has 1 aliphatic rings. The van der Waals surface area contributed by atoms with E-state index in [0.29, 0.717) is 6.61 Å². The summed E-state index contributed by atoms with van der Waals surface area (Å²) in [6, 6.07) is 3.95. The maximum atomic E-state index is 11.3. The van der Waals surface area contributed by atoms with Gasteiger partial charge in [0, 0.05) is 24.6 Å². The van der Waals surface area contributed by atoms with Crippen LogP contribution in [0.5, 0.6) is 0 Å². The molecule has 1 atom stereocenters. The number of ether oxygens (including phenoxy) is 1. The zero-order valence-electron chi connectivity index (χ0n) is 10.5. The van der Waals surface area contributed by atoms with Crippen LogP contribution in [0.4, 0.5) is 0 Å². The van der Waals surface area contributed by atoms with Gasteiger partial charge in [-0.25, -0.2) is 0 Å². The van der Waals surface area contributed by atoms with Gasteiger partial charge >= 0.3 is 0 Å². The molecule has 1 aromatic heterocycles. The highest BCUT2D eigenvalue weighted by molar-refractivity contribution is 7.16. The van der Waals surface area contributed by atoms with Crippen LogP contribution < -0.4 is 0 Å². The minimum absolute atomic E-state index is 0.325. The Hall–Kier alpha value is -0.420. The van der Waals surface area contributed by atoms with E-state index in [1.54, 1.807) is 11.3 Å². The van der Waals surface area contributed by atoms with E-state index in [1.165, 1.54) is 4.88 Å². The van der Waals surface area contributed by atoms with Crippen molar-refractivity contribution in [2.24, 2.45) is 5.41 Å². The molecule has 1 fully saturated rings. The van der Waals surface area contributed by atoms with Crippen LogP contribution in [0.15, 0.2) is 12.1 Å². The Morgan fingerprint density at radius 2 is 2.44 bits per heavy atom. The normalized spacial score (nSPS) is 24.4. The fourth-order valence-electron chi connectivity index (χ4n) is 2.43. The lowest BCUT2D eigenvalue weighted by atomic mass is 9.83. The second kappa shape index (κ2) is 6.15. The largest absolute Gasteiger partial charge is 0.380 e. The standard InChI is InChI=1S/C13H18ClNO2S/c1-15(7-11-3-4-12(14)18-11)8-13(9-16)5-2-6-17-10-13/h3-4,9H,2,5-8,10H2,1H3. The molecule has 0 amide bonds. The Labute approximate surface area is 117 Å². The number of aldehydes is 1. The van der Waals surface area contributed by atoms with Crippen molar-refractivity contribution in [3.05, 3.63) is 21.3 Å². The fourth-order valence-corrected chi connectivity index (χ4v) is 3.59. The summed E-state index contributed by atoms with van der Waals surface area (Å²) in [5.74, 6) is 0. The van der Waals surface area contributed by atoms with E-state index in [1.807, 2.05) is 19.2 Å². The Morgan fingerprint density at radius 3 is 3.00 bits per heavy atom. The van der Waals surface area contributed by atoms with Gasteiger partial charge in [0.2, 0.25) is 0 Å². The third-order valence-corrected chi connectivity index (χ3v) is 4.46. The van der Waals surface area contributed by atoms with E-state index in [2.05, 4.69) is 4.90 Å². The first-order valence-corrected chi connectivity index (χ1v) is 7.30. The summed E-state index contributed by atoms with van der Waals surface area (Å²) < 4.78 is 6.26. The number of nitrogens with zero attached hydrogens (tertiary/aromatic N) is 1. The topological polar surface area (TPSA) is 29.5 Å². The summed E-state index contributed by atoms with van der Waals surface area (Å²) in [5, 5.41) is 0. The van der Waals surface area contributed by atoms with E-state index >= 15 is 0 Å². The van der Waals surface area contributed by atoms with Gasteiger partial charge in [-0.2, -0.15) is 0 Å². The van der Waals surface area contributed by atoms with Crippen molar-refractivity contribution in [3.63, 3.8) is 0 Å². The minimum Gasteiger partial charge on any atom is -0.380 e. The third kappa shape index (κ3) is 3.54. The Kier molecular flexibility index (Phi) is 4.78. The number of halogens is 1. The van der Waals surface area contributed by atoms with Crippen LogP contribution in [0.3, 0.4) is 0 Å². The van der Waals surface area contributed by atoms with Crippen molar-refractivity contribution >= 4 is 29.2 Å². The second-order valence-electron chi connectivity index (χ2n) is 5.01. The van der Waals surface area contributed by atoms with Gasteiger partial charge < -0.3 is 14.4 Å². The SMILES string of the molecule is CN(Cc1ccc(Cl)s1)CC1(C=O)CCCOC1. The number of hydrogen-bond acceptors (Lipinski definition) is 4. The van der Waals surface area contributed by atoms with Crippen molar-refractivity contribution in [3.8, 4) is 0 Å². The van der Waals surface area contributed by atoms with Crippen LogP contribution in [0, 0.1) is 5.41 Å². The first-order chi connectivity index (χ1) is 8.63. The lowest BCUT2D eigenvalue weighted by Crippen LogP contribution is -2.42. The van der Waals surface area contributed by atoms with Crippen LogP contribution in [-0.2, 0) is 16.1 Å². The molecule has 0 aromatic carbocycles. The molecule has 18 heavy (non-hydrogen) atoms. The molecule has 1 unspecified atom stereocenters. The van der Waals surface area contributed by atoms with E-state index in [-0.39, 0.29) is 5.41 Å². The van der Waals surface area contributed by atoms with Crippen molar-refractivity contribution < 1.29 is 9.53 Å². The quantitative estimate of drug-likeness (QED) is 0.780. The molecular formula is C13H18ClNO2S. The lowest BCUT2D eigenvalue weighted by Gasteiger charge is -2.35. The number of carbonyl (C=O) groups excluding carboxylic acids is 1. The molecule has 5 heteroatoms. The number of hydrogen-bond donors (Lipinski definition) is 0. The first kappa shape index (κ1) is 14.0. The number of carbonyl (C=O) groups is 1. The zero-order chi connectivity index (χ0) is 13.0. The van der Waals surface area contributed by atoms with Crippen molar-refractivity contribution in [1.82, 2.24) is 4.90 Å². The molecule has 2 rings (SSSR count). The molecule has 1 aliphatic heterocycles. The molecule has 3 nitrogen and oxygen atoms in total. The van der Waals surface area contributed by atoms with Crippen LogP contribution in [0.25, 0.3) is 0 Å². The van der Waals surface area contributed by atoms with E-state index in [9.17, 15) is 4.79 Å². The molecule has 1 aromatic rings. The van der Waals surface area contributed by atoms with Gasteiger partial charge in [0.1, 0.15) is 6.29 Å². The highest BCUT2D eigenvalue weighted by atomic mass is 35.5. The smallest absolute Gasteiger partial charge is 0.129 e. The molecule has 2 heterocycles. The van der Waals surface area contributed by atoms with Gasteiger partial charge in [0.15, 0.2) is 0 Å². The second-order valence-corrected chi connectivity index (χ2v) is 6.81. The Morgan fingerprint density at radius 1 is 1.61 bits per heavy atom. The Bertz CT molecular complexity index is 401. The zero-order valence-corrected chi connectivity index (χ0v) is 12.1. The maximum absolute atomic E-state index is 11.3. The molecule has 0 N–H and O–H groups in total. The monoisotopic (exact) mass is 287 g/mol. The molecule has 0 spiro atoms. The van der Waals surface area contributed by atoms with Gasteiger partial charge in [-0.05, 0) is 32.0 Å². The molecule has 0 radical (unpaired) electrons. The minimum atomic E-state index is -0.325. The van der Waals surface area contributed by atoms with Gasteiger partial charge in [-0.3, -0.25) is 0 Å². The average Bonchev–Trinajstić information content (AvgIpc) is 2.75. The highest BCUT2D eigenvalue weighted by Crippen LogP contribution is 2.28. The highest BCUT2D eigenvalue weighted by Gasteiger charge is 2.33. The van der Waals surface area contributed by atoms with Gasteiger partial charge in [-0.15, -0.1) is 11.3 Å². The van der Waals surface area contributed by atoms with E-state index in [4.69, 9.17) is 16.3 Å². The average molecular weight is 288 g/mol. The molecule has 0 aliphatic carbocycles. The van der Waals surface area contributed by atoms with Crippen molar-refractivity contribution in [1.29, 1.82) is 0 Å². The summed E-state index contributed by atoms with van der Waals surface area (Å²) in [6.45, 7) is 2.89. The molecule has 1 saturated heterocycles. The number of rotatable bonds is 5. The van der Waals surface area contributed by atoms with Crippen LogP contribution >= 0.6 is 22.9 Å². The van der Waals surface area contributed by atoms with Crippen molar-refractivity contribution in [2.45, 2.75) is 19.4 Å². The predicted molar refractivity (Wildman–Crippen MR) is 74.2 cm³/mol. The maximum Gasteiger partial charge on any atom is 0.129 e. The van der Waals surface area contributed by atoms with Crippen LogP contribution in [-0.4, -0.2) is 38.0 Å².